The summed E-state index contributed by atoms with van der Waals surface area (Å²) in [5, 5.41) is 16.1. The maximum atomic E-state index is 12.7. The fraction of sp³-hybridized carbons (Fsp3) is 0.357. The van der Waals surface area contributed by atoms with Crippen LogP contribution in [0.25, 0.3) is 0 Å². The molecule has 8 nitrogen and oxygen atoms in total. The quantitative estimate of drug-likeness (QED) is 0.390. The van der Waals surface area contributed by atoms with Gasteiger partial charge in [0.1, 0.15) is 16.8 Å². The second-order valence-electron chi connectivity index (χ2n) is 8.79. The number of rotatable bonds is 10. The van der Waals surface area contributed by atoms with Crippen LogP contribution in [0.15, 0.2) is 48.7 Å². The number of anilines is 1. The summed E-state index contributed by atoms with van der Waals surface area (Å²) >= 11 is 1.45. The number of carbonyl (C=O) groups is 2. The van der Waals surface area contributed by atoms with Gasteiger partial charge < -0.3 is 20.1 Å². The first kappa shape index (κ1) is 26.2. The van der Waals surface area contributed by atoms with Gasteiger partial charge in [0.2, 0.25) is 5.91 Å². The molecule has 1 aliphatic rings. The number of aromatic nitrogens is 1. The van der Waals surface area contributed by atoms with E-state index in [2.05, 4.69) is 21.7 Å². The molecule has 192 valence electrons. The van der Waals surface area contributed by atoms with Crippen molar-refractivity contribution in [1.29, 1.82) is 5.26 Å². The van der Waals surface area contributed by atoms with Crippen molar-refractivity contribution < 1.29 is 19.1 Å². The van der Waals surface area contributed by atoms with Crippen LogP contribution in [0.5, 0.6) is 5.75 Å². The molecule has 0 spiro atoms. The number of ether oxygens (including phenoxy) is 2. The molecule has 2 amide bonds. The van der Waals surface area contributed by atoms with Crippen molar-refractivity contribution in [3.05, 3.63) is 75.9 Å². The van der Waals surface area contributed by atoms with Gasteiger partial charge in [-0.05, 0) is 67.9 Å². The van der Waals surface area contributed by atoms with Crippen LogP contribution in [0.4, 0.5) is 9.80 Å². The number of thiophene rings is 1. The molecule has 4 rings (SSSR count). The van der Waals surface area contributed by atoms with Crippen molar-refractivity contribution in [1.82, 2.24) is 10.3 Å². The number of para-hydroxylation sites is 1. The van der Waals surface area contributed by atoms with E-state index in [1.165, 1.54) is 11.3 Å². The van der Waals surface area contributed by atoms with E-state index in [0.717, 1.165) is 40.3 Å². The number of pyridine rings is 1. The smallest absolute Gasteiger partial charge is 0.407 e. The molecule has 0 aliphatic heterocycles. The Morgan fingerprint density at radius 3 is 2.84 bits per heavy atom. The van der Waals surface area contributed by atoms with Gasteiger partial charge in [-0.15, -0.1) is 11.3 Å². The lowest BCUT2D eigenvalue weighted by Crippen LogP contribution is -2.28. The lowest BCUT2D eigenvalue weighted by molar-refractivity contribution is -0.116. The highest BCUT2D eigenvalue weighted by Gasteiger charge is 2.27. The summed E-state index contributed by atoms with van der Waals surface area (Å²) in [5.41, 5.74) is 3.30. The zero-order valence-corrected chi connectivity index (χ0v) is 21.6. The van der Waals surface area contributed by atoms with Crippen LogP contribution in [0, 0.1) is 17.2 Å². The molecule has 2 heterocycles. The third-order valence-corrected chi connectivity index (χ3v) is 7.39. The number of benzene rings is 1. The van der Waals surface area contributed by atoms with Crippen molar-refractivity contribution in [3.63, 3.8) is 0 Å². The van der Waals surface area contributed by atoms with Gasteiger partial charge in [0.25, 0.3) is 0 Å². The molecule has 1 aliphatic carbocycles. The minimum Gasteiger partial charge on any atom is -0.494 e. The van der Waals surface area contributed by atoms with Crippen molar-refractivity contribution in [2.45, 2.75) is 45.6 Å². The maximum Gasteiger partial charge on any atom is 0.407 e. The lowest BCUT2D eigenvalue weighted by atomic mass is 9.88. The molecule has 3 aromatic rings. The highest BCUT2D eigenvalue weighted by atomic mass is 32.1. The molecule has 1 aromatic carbocycles. The first-order valence-corrected chi connectivity index (χ1v) is 13.2. The number of alkyl carbamates (subject to hydrolysis) is 1. The predicted molar refractivity (Wildman–Crippen MR) is 142 cm³/mol. The number of hydrogen-bond acceptors (Lipinski definition) is 7. The second-order valence-corrected chi connectivity index (χ2v) is 9.90. The van der Waals surface area contributed by atoms with Gasteiger partial charge in [-0.25, -0.2) is 4.79 Å². The summed E-state index contributed by atoms with van der Waals surface area (Å²) in [6.45, 7) is 3.11. The molecular formula is C28H30N4O4S. The van der Waals surface area contributed by atoms with Crippen LogP contribution in [0.2, 0.25) is 0 Å². The SMILES string of the molecule is CCOc1ccccc1CCC(=O)Nc1sc2c(c1C#N)CCC(COC(=O)NCc1ccccn1)C2. The van der Waals surface area contributed by atoms with Crippen LogP contribution in [-0.2, 0) is 35.3 Å². The van der Waals surface area contributed by atoms with Gasteiger partial charge in [0, 0.05) is 17.5 Å². The fourth-order valence-corrected chi connectivity index (χ4v) is 5.69. The van der Waals surface area contributed by atoms with E-state index >= 15 is 0 Å². The van der Waals surface area contributed by atoms with E-state index in [1.54, 1.807) is 6.20 Å². The maximum absolute atomic E-state index is 12.7. The standard InChI is InChI=1S/C28H30N4O4S/c1-2-35-24-9-4-3-7-20(24)11-13-26(33)32-27-23(16-29)22-12-10-19(15-25(22)37-27)18-36-28(34)31-17-21-8-5-6-14-30-21/h3-9,14,19H,2,10-13,15,17-18H2,1H3,(H,31,34)(H,32,33). The summed E-state index contributed by atoms with van der Waals surface area (Å²) in [6.07, 6.45) is 4.29. The number of hydrogen-bond donors (Lipinski definition) is 2. The molecule has 0 fully saturated rings. The topological polar surface area (TPSA) is 113 Å². The van der Waals surface area contributed by atoms with Crippen LogP contribution in [0.3, 0.4) is 0 Å². The highest BCUT2D eigenvalue weighted by molar-refractivity contribution is 7.16. The highest BCUT2D eigenvalue weighted by Crippen LogP contribution is 2.39. The third-order valence-electron chi connectivity index (χ3n) is 6.22. The van der Waals surface area contributed by atoms with Gasteiger partial charge in [-0.2, -0.15) is 5.26 Å². The number of nitrogens with one attached hydrogen (secondary N) is 2. The largest absolute Gasteiger partial charge is 0.494 e. The van der Waals surface area contributed by atoms with Gasteiger partial charge in [0.15, 0.2) is 0 Å². The Balaban J connectivity index is 1.29. The number of carbonyl (C=O) groups excluding carboxylic acids is 2. The Morgan fingerprint density at radius 2 is 2.05 bits per heavy atom. The number of aryl methyl sites for hydroxylation is 1. The van der Waals surface area contributed by atoms with Crippen molar-refractivity contribution in [3.8, 4) is 11.8 Å². The minimum atomic E-state index is -0.473. The molecule has 0 saturated carbocycles. The molecule has 0 radical (unpaired) electrons. The Bertz CT molecular complexity index is 1270. The van der Waals surface area contributed by atoms with Crippen LogP contribution >= 0.6 is 11.3 Å². The average Bonchev–Trinajstić information content (AvgIpc) is 3.27. The number of nitrogens with zero attached hydrogens (tertiary/aromatic N) is 2. The van der Waals surface area contributed by atoms with E-state index in [4.69, 9.17) is 9.47 Å². The first-order valence-electron chi connectivity index (χ1n) is 12.4. The lowest BCUT2D eigenvalue weighted by Gasteiger charge is -2.21. The predicted octanol–water partition coefficient (Wildman–Crippen LogP) is 5.02. The van der Waals surface area contributed by atoms with E-state index in [-0.39, 0.29) is 11.8 Å². The zero-order valence-electron chi connectivity index (χ0n) is 20.8. The third kappa shape index (κ3) is 7.08. The first-order chi connectivity index (χ1) is 18.1. The van der Waals surface area contributed by atoms with Crippen LogP contribution in [0.1, 0.15) is 47.0 Å². The molecule has 1 atom stereocenters. The van der Waals surface area contributed by atoms with E-state index in [9.17, 15) is 14.9 Å². The second kappa shape index (κ2) is 12.9. The number of nitriles is 1. The summed E-state index contributed by atoms with van der Waals surface area (Å²) in [5.74, 6) is 0.823. The Kier molecular flexibility index (Phi) is 9.11. The van der Waals surface area contributed by atoms with Crippen molar-refractivity contribution >= 4 is 28.3 Å². The molecule has 9 heteroatoms. The zero-order chi connectivity index (χ0) is 26.0. The van der Waals surface area contributed by atoms with Crippen LogP contribution < -0.4 is 15.4 Å². The van der Waals surface area contributed by atoms with E-state index < -0.39 is 6.09 Å². The summed E-state index contributed by atoms with van der Waals surface area (Å²) < 4.78 is 11.1. The van der Waals surface area contributed by atoms with Crippen molar-refractivity contribution in [2.24, 2.45) is 5.92 Å². The van der Waals surface area contributed by atoms with E-state index in [1.807, 2.05) is 49.4 Å². The molecular weight excluding hydrogens is 488 g/mol. The van der Waals surface area contributed by atoms with Gasteiger partial charge in [0.05, 0.1) is 31.0 Å². The molecule has 2 N–H and O–H groups in total. The average molecular weight is 519 g/mol. The minimum absolute atomic E-state index is 0.133. The van der Waals surface area contributed by atoms with Crippen LogP contribution in [-0.4, -0.2) is 30.2 Å². The monoisotopic (exact) mass is 518 g/mol. The van der Waals surface area contributed by atoms with Crippen molar-refractivity contribution in [2.75, 3.05) is 18.5 Å². The van der Waals surface area contributed by atoms with Gasteiger partial charge in [-0.3, -0.25) is 9.78 Å². The summed E-state index contributed by atoms with van der Waals surface area (Å²) in [7, 11) is 0. The Hall–Kier alpha value is -3.90. The Morgan fingerprint density at radius 1 is 1.22 bits per heavy atom. The summed E-state index contributed by atoms with van der Waals surface area (Å²) in [6, 6.07) is 15.5. The Labute approximate surface area is 220 Å². The molecule has 1 unspecified atom stereocenters. The van der Waals surface area contributed by atoms with Gasteiger partial charge >= 0.3 is 6.09 Å². The number of amides is 2. The fourth-order valence-electron chi connectivity index (χ4n) is 4.36. The molecule has 2 aromatic heterocycles. The van der Waals surface area contributed by atoms with Gasteiger partial charge in [-0.1, -0.05) is 24.3 Å². The number of fused-ring (bicyclic) bond motifs is 1. The normalized spacial score (nSPS) is 14.2. The molecule has 0 saturated heterocycles. The van der Waals surface area contributed by atoms with E-state index in [0.29, 0.717) is 49.6 Å². The molecule has 0 bridgehead atoms. The summed E-state index contributed by atoms with van der Waals surface area (Å²) in [4.78, 5) is 30.1. The molecule has 37 heavy (non-hydrogen) atoms.